The molecule has 0 aliphatic heterocycles. The summed E-state index contributed by atoms with van der Waals surface area (Å²) in [5, 5.41) is 4.67. The van der Waals surface area contributed by atoms with E-state index in [1.807, 2.05) is 18.4 Å². The lowest BCUT2D eigenvalue weighted by atomic mass is 10.2. The number of pyridine rings is 1. The van der Waals surface area contributed by atoms with Crippen LogP contribution in [0, 0.1) is 0 Å². The molecule has 0 aromatic carbocycles. The van der Waals surface area contributed by atoms with E-state index in [0.29, 0.717) is 6.54 Å². The van der Waals surface area contributed by atoms with Crippen molar-refractivity contribution in [2.75, 3.05) is 5.32 Å². The fourth-order valence-corrected chi connectivity index (χ4v) is 2.88. The molecule has 108 valence electrons. The Morgan fingerprint density at radius 2 is 2.10 bits per heavy atom. The van der Waals surface area contributed by atoms with E-state index in [1.54, 1.807) is 11.3 Å². The Morgan fingerprint density at radius 1 is 1.35 bits per heavy atom. The zero-order valence-electron chi connectivity index (χ0n) is 10.6. The van der Waals surface area contributed by atoms with E-state index in [0.717, 1.165) is 23.4 Å². The summed E-state index contributed by atoms with van der Waals surface area (Å²) in [5.74, 6) is 0.125. The number of halogens is 4. The minimum Gasteiger partial charge on any atom is -0.365 e. The van der Waals surface area contributed by atoms with E-state index < -0.39 is 11.7 Å². The average Bonchev–Trinajstić information content (AvgIpc) is 2.82. The van der Waals surface area contributed by atoms with Crippen molar-refractivity contribution in [1.82, 2.24) is 4.98 Å². The SMILES string of the molecule is CCc1ccsc1CNc1cc(C(F)(F)F)cc(Cl)n1. The van der Waals surface area contributed by atoms with E-state index in [4.69, 9.17) is 11.6 Å². The van der Waals surface area contributed by atoms with E-state index in [1.165, 1.54) is 5.56 Å². The summed E-state index contributed by atoms with van der Waals surface area (Å²) in [6.07, 6.45) is -3.54. The maximum absolute atomic E-state index is 12.7. The number of rotatable bonds is 4. The second-order valence-electron chi connectivity index (χ2n) is 4.14. The van der Waals surface area contributed by atoms with Crippen molar-refractivity contribution in [2.24, 2.45) is 0 Å². The minimum atomic E-state index is -4.43. The maximum atomic E-state index is 12.7. The Kier molecular flexibility index (Phi) is 4.55. The van der Waals surface area contributed by atoms with Crippen LogP contribution in [0.25, 0.3) is 0 Å². The van der Waals surface area contributed by atoms with Gasteiger partial charge in [0.1, 0.15) is 11.0 Å². The molecule has 0 unspecified atom stereocenters. The summed E-state index contributed by atoms with van der Waals surface area (Å²) in [4.78, 5) is 4.95. The minimum absolute atomic E-state index is 0.125. The number of hydrogen-bond acceptors (Lipinski definition) is 3. The van der Waals surface area contributed by atoms with Crippen molar-refractivity contribution in [3.05, 3.63) is 44.7 Å². The molecule has 20 heavy (non-hydrogen) atoms. The molecule has 0 aliphatic rings. The molecule has 0 fully saturated rings. The van der Waals surface area contributed by atoms with Crippen molar-refractivity contribution >= 4 is 28.8 Å². The average molecular weight is 321 g/mol. The molecule has 0 aliphatic carbocycles. The van der Waals surface area contributed by atoms with Crippen LogP contribution in [-0.2, 0) is 19.1 Å². The standard InChI is InChI=1S/C13H12ClF3N2S/c1-2-8-3-4-20-10(8)7-18-12-6-9(13(15,16)17)5-11(14)19-12/h3-6H,2,7H2,1H3,(H,18,19). The lowest BCUT2D eigenvalue weighted by Crippen LogP contribution is -2.08. The van der Waals surface area contributed by atoms with Gasteiger partial charge in [-0.25, -0.2) is 4.98 Å². The van der Waals surface area contributed by atoms with Gasteiger partial charge in [0.15, 0.2) is 0 Å². The van der Waals surface area contributed by atoms with Gasteiger partial charge in [0.2, 0.25) is 0 Å². The van der Waals surface area contributed by atoms with E-state index >= 15 is 0 Å². The molecule has 0 saturated heterocycles. The second kappa shape index (κ2) is 6.01. The molecule has 2 aromatic rings. The first-order valence-electron chi connectivity index (χ1n) is 5.94. The van der Waals surface area contributed by atoms with Gasteiger partial charge in [-0.15, -0.1) is 11.3 Å². The third-order valence-corrected chi connectivity index (χ3v) is 3.93. The predicted molar refractivity (Wildman–Crippen MR) is 75.3 cm³/mol. The predicted octanol–water partition coefficient (Wildman–Crippen LogP) is 4.99. The second-order valence-corrected chi connectivity index (χ2v) is 5.53. The van der Waals surface area contributed by atoms with E-state index in [9.17, 15) is 13.2 Å². The summed E-state index contributed by atoms with van der Waals surface area (Å²) in [7, 11) is 0. The molecule has 2 heterocycles. The monoisotopic (exact) mass is 320 g/mol. The zero-order chi connectivity index (χ0) is 14.8. The molecule has 0 spiro atoms. The van der Waals surface area contributed by atoms with Crippen LogP contribution in [-0.4, -0.2) is 4.98 Å². The Balaban J connectivity index is 2.16. The molecule has 0 radical (unpaired) electrons. The lowest BCUT2D eigenvalue weighted by molar-refractivity contribution is -0.137. The molecule has 0 bridgehead atoms. The number of alkyl halides is 3. The zero-order valence-corrected chi connectivity index (χ0v) is 12.2. The molecule has 7 heteroatoms. The Bertz CT molecular complexity index is 596. The van der Waals surface area contributed by atoms with Crippen LogP contribution in [0.3, 0.4) is 0 Å². The van der Waals surface area contributed by atoms with Crippen LogP contribution in [0.4, 0.5) is 19.0 Å². The van der Waals surface area contributed by atoms with Gasteiger partial charge < -0.3 is 5.32 Å². The highest BCUT2D eigenvalue weighted by atomic mass is 35.5. The van der Waals surface area contributed by atoms with Gasteiger partial charge in [-0.05, 0) is 35.6 Å². The largest absolute Gasteiger partial charge is 0.416 e. The molecule has 2 nitrogen and oxygen atoms in total. The molecule has 2 aromatic heterocycles. The molecule has 0 amide bonds. The van der Waals surface area contributed by atoms with Crippen molar-refractivity contribution < 1.29 is 13.2 Å². The van der Waals surface area contributed by atoms with Gasteiger partial charge in [-0.1, -0.05) is 18.5 Å². The maximum Gasteiger partial charge on any atom is 0.416 e. The van der Waals surface area contributed by atoms with Gasteiger partial charge >= 0.3 is 6.18 Å². The first-order chi connectivity index (χ1) is 9.40. The first kappa shape index (κ1) is 15.1. The molecular formula is C13H12ClF3N2S. The number of aryl methyl sites for hydroxylation is 1. The highest BCUT2D eigenvalue weighted by Gasteiger charge is 2.31. The Hall–Kier alpha value is -1.27. The molecule has 0 saturated carbocycles. The van der Waals surface area contributed by atoms with Crippen molar-refractivity contribution in [3.63, 3.8) is 0 Å². The number of thiophene rings is 1. The quantitative estimate of drug-likeness (QED) is 0.803. The fourth-order valence-electron chi connectivity index (χ4n) is 1.76. The number of aromatic nitrogens is 1. The third-order valence-electron chi connectivity index (χ3n) is 2.77. The molecular weight excluding hydrogens is 309 g/mol. The van der Waals surface area contributed by atoms with Crippen LogP contribution < -0.4 is 5.32 Å². The van der Waals surface area contributed by atoms with Crippen LogP contribution in [0.2, 0.25) is 5.15 Å². The van der Waals surface area contributed by atoms with Gasteiger partial charge in [0.05, 0.1) is 12.1 Å². The molecule has 1 N–H and O–H groups in total. The number of anilines is 1. The van der Waals surface area contributed by atoms with Crippen molar-refractivity contribution in [2.45, 2.75) is 26.1 Å². The normalized spacial score (nSPS) is 11.7. The van der Waals surface area contributed by atoms with E-state index in [-0.39, 0.29) is 11.0 Å². The Morgan fingerprint density at radius 3 is 2.75 bits per heavy atom. The highest BCUT2D eigenvalue weighted by Crippen LogP contribution is 2.32. The van der Waals surface area contributed by atoms with E-state index in [2.05, 4.69) is 10.3 Å². The summed E-state index contributed by atoms with van der Waals surface area (Å²) in [6, 6.07) is 3.79. The van der Waals surface area contributed by atoms with Crippen LogP contribution in [0.5, 0.6) is 0 Å². The van der Waals surface area contributed by atoms with Gasteiger partial charge in [0.25, 0.3) is 0 Å². The van der Waals surface area contributed by atoms with Gasteiger partial charge in [-0.2, -0.15) is 13.2 Å². The number of nitrogens with one attached hydrogen (secondary N) is 1. The van der Waals surface area contributed by atoms with Crippen LogP contribution >= 0.6 is 22.9 Å². The lowest BCUT2D eigenvalue weighted by Gasteiger charge is -2.11. The molecule has 0 atom stereocenters. The van der Waals surface area contributed by atoms with Gasteiger partial charge in [-0.3, -0.25) is 0 Å². The van der Waals surface area contributed by atoms with Crippen molar-refractivity contribution in [3.8, 4) is 0 Å². The van der Waals surface area contributed by atoms with Crippen molar-refractivity contribution in [1.29, 1.82) is 0 Å². The molecule has 2 rings (SSSR count). The first-order valence-corrected chi connectivity index (χ1v) is 7.20. The Labute approximate surface area is 123 Å². The fraction of sp³-hybridized carbons (Fsp3) is 0.308. The highest BCUT2D eigenvalue weighted by molar-refractivity contribution is 7.10. The summed E-state index contributed by atoms with van der Waals surface area (Å²) in [6.45, 7) is 2.47. The summed E-state index contributed by atoms with van der Waals surface area (Å²) in [5.41, 5.74) is 0.377. The van der Waals surface area contributed by atoms with Crippen LogP contribution in [0.1, 0.15) is 22.9 Å². The number of nitrogens with zero attached hydrogens (tertiary/aromatic N) is 1. The summed E-state index contributed by atoms with van der Waals surface area (Å²) >= 11 is 7.19. The summed E-state index contributed by atoms with van der Waals surface area (Å²) < 4.78 is 38.0. The smallest absolute Gasteiger partial charge is 0.365 e. The van der Waals surface area contributed by atoms with Gasteiger partial charge in [0, 0.05) is 4.88 Å². The topological polar surface area (TPSA) is 24.9 Å². The van der Waals surface area contributed by atoms with Crippen LogP contribution in [0.15, 0.2) is 23.6 Å². The third kappa shape index (κ3) is 3.64. The number of hydrogen-bond donors (Lipinski definition) is 1.